The lowest BCUT2D eigenvalue weighted by molar-refractivity contribution is 0.765. The van der Waals surface area contributed by atoms with Crippen molar-refractivity contribution in [3.8, 4) is 0 Å². The maximum Gasteiger partial charge on any atom is 0.0862 e. The molecular weight excluding hydrogens is 243 g/mol. The van der Waals surface area contributed by atoms with Gasteiger partial charge in [-0.05, 0) is 25.0 Å². The molecule has 2 atom stereocenters. The van der Waals surface area contributed by atoms with Crippen LogP contribution in [-0.4, -0.2) is 20.7 Å². The number of halogens is 2. The summed E-state index contributed by atoms with van der Waals surface area (Å²) < 4.78 is 0. The molecular formula is C12H14Cl2N2. The fraction of sp³-hybridized carbons (Fsp3) is 0.500. The van der Waals surface area contributed by atoms with Crippen LogP contribution >= 0.6 is 23.2 Å². The van der Waals surface area contributed by atoms with Crippen molar-refractivity contribution in [2.24, 2.45) is 0 Å². The Morgan fingerprint density at radius 2 is 1.88 bits per heavy atom. The van der Waals surface area contributed by atoms with Gasteiger partial charge in [0.2, 0.25) is 0 Å². The van der Waals surface area contributed by atoms with E-state index in [1.54, 1.807) is 0 Å². The van der Waals surface area contributed by atoms with Gasteiger partial charge in [0.25, 0.3) is 0 Å². The van der Waals surface area contributed by atoms with E-state index in [9.17, 15) is 0 Å². The summed E-state index contributed by atoms with van der Waals surface area (Å²) in [5, 5.41) is 1.33. The maximum atomic E-state index is 6.06. The first-order chi connectivity index (χ1) is 7.70. The van der Waals surface area contributed by atoms with Crippen molar-refractivity contribution in [2.45, 2.75) is 36.9 Å². The minimum atomic E-state index is -0.190. The summed E-state index contributed by atoms with van der Waals surface area (Å²) in [7, 11) is 0. The van der Waals surface area contributed by atoms with Gasteiger partial charge in [0.15, 0.2) is 0 Å². The van der Waals surface area contributed by atoms with E-state index in [4.69, 9.17) is 23.2 Å². The van der Waals surface area contributed by atoms with Gasteiger partial charge in [-0.1, -0.05) is 13.3 Å². The zero-order chi connectivity index (χ0) is 11.5. The summed E-state index contributed by atoms with van der Waals surface area (Å²) in [6, 6.07) is 0. The fourth-order valence-corrected chi connectivity index (χ4v) is 2.05. The average Bonchev–Trinajstić information content (AvgIpc) is 2.28. The van der Waals surface area contributed by atoms with Gasteiger partial charge in [-0.3, -0.25) is 4.98 Å². The van der Waals surface area contributed by atoms with Crippen molar-refractivity contribution in [3.63, 3.8) is 0 Å². The standard InChI is InChI=1S/C12H14Cl2N2/c1-2-3-4-8-7-15-11-5-9(13)10(14)6-12(11)16-8/h5-7,9-10H,2-4H2,1H3. The minimum Gasteiger partial charge on any atom is -0.253 e. The molecule has 0 bridgehead atoms. The van der Waals surface area contributed by atoms with Crippen LogP contribution in [0.1, 0.15) is 25.5 Å². The number of aryl methyl sites for hydroxylation is 1. The van der Waals surface area contributed by atoms with Crippen LogP contribution in [0.25, 0.3) is 12.2 Å². The quantitative estimate of drug-likeness (QED) is 0.769. The molecule has 1 aromatic rings. The SMILES string of the molecule is CCCCc1cnc2c(n1)=CC(Cl)C(Cl)C=2. The van der Waals surface area contributed by atoms with Gasteiger partial charge >= 0.3 is 0 Å². The van der Waals surface area contributed by atoms with E-state index in [-0.39, 0.29) is 10.8 Å². The largest absolute Gasteiger partial charge is 0.253 e. The minimum absolute atomic E-state index is 0.190. The highest BCUT2D eigenvalue weighted by atomic mass is 35.5. The molecule has 86 valence electrons. The Kier molecular flexibility index (Phi) is 3.82. The number of nitrogens with zero attached hydrogens (tertiary/aromatic N) is 2. The van der Waals surface area contributed by atoms with Gasteiger partial charge < -0.3 is 0 Å². The van der Waals surface area contributed by atoms with Crippen LogP contribution in [-0.2, 0) is 6.42 Å². The Labute approximate surface area is 105 Å². The Morgan fingerprint density at radius 3 is 2.56 bits per heavy atom. The molecule has 2 nitrogen and oxygen atoms in total. The topological polar surface area (TPSA) is 25.8 Å². The Balaban J connectivity index is 2.36. The number of hydrogen-bond donors (Lipinski definition) is 0. The molecule has 16 heavy (non-hydrogen) atoms. The third kappa shape index (κ3) is 2.55. The molecule has 1 aliphatic rings. The highest BCUT2D eigenvalue weighted by Gasteiger charge is 2.15. The number of rotatable bonds is 3. The summed E-state index contributed by atoms with van der Waals surface area (Å²) in [5.41, 5.74) is 1.03. The maximum absolute atomic E-state index is 6.06. The first-order valence-electron chi connectivity index (χ1n) is 5.54. The van der Waals surface area contributed by atoms with Crippen molar-refractivity contribution in [1.29, 1.82) is 0 Å². The van der Waals surface area contributed by atoms with Gasteiger partial charge in [-0.15, -0.1) is 23.2 Å². The Hall–Kier alpha value is -0.600. The normalized spacial score (nSPS) is 23.2. The second kappa shape index (κ2) is 5.15. The molecule has 0 saturated heterocycles. The smallest absolute Gasteiger partial charge is 0.0862 e. The predicted octanol–water partition coefficient (Wildman–Crippen LogP) is 1.61. The molecule has 1 aliphatic carbocycles. The molecule has 0 radical (unpaired) electrons. The van der Waals surface area contributed by atoms with Crippen molar-refractivity contribution in [3.05, 3.63) is 22.6 Å². The zero-order valence-electron chi connectivity index (χ0n) is 9.16. The highest BCUT2D eigenvalue weighted by molar-refractivity contribution is 6.34. The van der Waals surface area contributed by atoms with E-state index in [0.717, 1.165) is 35.7 Å². The lowest BCUT2D eigenvalue weighted by Crippen LogP contribution is -2.39. The Morgan fingerprint density at radius 1 is 1.19 bits per heavy atom. The molecule has 0 saturated carbocycles. The van der Waals surface area contributed by atoms with Crippen LogP contribution in [0.4, 0.5) is 0 Å². The second-order valence-corrected chi connectivity index (χ2v) is 4.97. The summed E-state index contributed by atoms with van der Waals surface area (Å²) in [6.07, 6.45) is 8.86. The van der Waals surface area contributed by atoms with Gasteiger partial charge in [-0.2, -0.15) is 0 Å². The second-order valence-electron chi connectivity index (χ2n) is 3.96. The van der Waals surface area contributed by atoms with Crippen molar-refractivity contribution < 1.29 is 0 Å². The lowest BCUT2D eigenvalue weighted by Gasteiger charge is -2.11. The van der Waals surface area contributed by atoms with Gasteiger partial charge in [0.1, 0.15) is 0 Å². The summed E-state index contributed by atoms with van der Waals surface area (Å²) in [4.78, 5) is 8.91. The van der Waals surface area contributed by atoms with Crippen LogP contribution in [0.3, 0.4) is 0 Å². The van der Waals surface area contributed by atoms with Crippen LogP contribution in [0.5, 0.6) is 0 Å². The fourth-order valence-electron chi connectivity index (χ4n) is 1.67. The highest BCUT2D eigenvalue weighted by Crippen LogP contribution is 2.13. The molecule has 0 aromatic carbocycles. The summed E-state index contributed by atoms with van der Waals surface area (Å²) in [6.45, 7) is 2.17. The first kappa shape index (κ1) is 11.9. The van der Waals surface area contributed by atoms with E-state index in [2.05, 4.69) is 16.9 Å². The van der Waals surface area contributed by atoms with Crippen molar-refractivity contribution in [2.75, 3.05) is 0 Å². The third-order valence-corrected chi connectivity index (χ3v) is 3.53. The number of alkyl halides is 2. The monoisotopic (exact) mass is 256 g/mol. The number of unbranched alkanes of at least 4 members (excludes halogenated alkanes) is 1. The molecule has 0 N–H and O–H groups in total. The summed E-state index contributed by atoms with van der Waals surface area (Å²) >= 11 is 12.1. The van der Waals surface area contributed by atoms with Gasteiger partial charge in [0, 0.05) is 6.20 Å². The van der Waals surface area contributed by atoms with E-state index in [1.807, 2.05) is 18.3 Å². The van der Waals surface area contributed by atoms with E-state index in [1.165, 1.54) is 0 Å². The molecule has 0 fully saturated rings. The average molecular weight is 257 g/mol. The number of aromatic nitrogens is 2. The van der Waals surface area contributed by atoms with Crippen molar-refractivity contribution in [1.82, 2.24) is 9.97 Å². The molecule has 1 aromatic heterocycles. The first-order valence-corrected chi connectivity index (χ1v) is 6.42. The zero-order valence-corrected chi connectivity index (χ0v) is 10.7. The van der Waals surface area contributed by atoms with E-state index < -0.39 is 0 Å². The molecule has 1 heterocycles. The third-order valence-electron chi connectivity index (χ3n) is 2.60. The number of fused-ring (bicyclic) bond motifs is 1. The molecule has 0 amide bonds. The molecule has 2 rings (SSSR count). The predicted molar refractivity (Wildman–Crippen MR) is 68.1 cm³/mol. The van der Waals surface area contributed by atoms with E-state index >= 15 is 0 Å². The summed E-state index contributed by atoms with van der Waals surface area (Å²) in [5.74, 6) is 0. The van der Waals surface area contributed by atoms with Crippen LogP contribution in [0, 0.1) is 0 Å². The van der Waals surface area contributed by atoms with Gasteiger partial charge in [0.05, 0.1) is 27.1 Å². The van der Waals surface area contributed by atoms with Crippen LogP contribution < -0.4 is 10.7 Å². The molecule has 4 heteroatoms. The van der Waals surface area contributed by atoms with Gasteiger partial charge in [-0.25, -0.2) is 4.98 Å². The van der Waals surface area contributed by atoms with Crippen LogP contribution in [0.2, 0.25) is 0 Å². The lowest BCUT2D eigenvalue weighted by atomic mass is 10.1. The Bertz CT molecular complexity index is 484. The molecule has 0 spiro atoms. The van der Waals surface area contributed by atoms with Crippen LogP contribution in [0.15, 0.2) is 6.20 Å². The molecule has 0 aliphatic heterocycles. The molecule has 2 unspecified atom stereocenters. The number of hydrogen-bond acceptors (Lipinski definition) is 2. The van der Waals surface area contributed by atoms with E-state index in [0.29, 0.717) is 0 Å². The van der Waals surface area contributed by atoms with Crippen molar-refractivity contribution >= 4 is 35.4 Å².